The lowest BCUT2D eigenvalue weighted by Crippen LogP contribution is -1.91. The molecule has 0 aliphatic rings. The second-order valence-corrected chi connectivity index (χ2v) is 3.25. The zero-order valence-corrected chi connectivity index (χ0v) is 12.0. The summed E-state index contributed by atoms with van der Waals surface area (Å²) in [7, 11) is 0. The first kappa shape index (κ1) is 18.2. The maximum atomic E-state index is 13.3. The van der Waals surface area contributed by atoms with E-state index in [1.807, 2.05) is 27.7 Å². The van der Waals surface area contributed by atoms with Crippen molar-refractivity contribution in [1.82, 2.24) is 0 Å². The predicted molar refractivity (Wildman–Crippen MR) is 74.4 cm³/mol. The molecule has 0 saturated heterocycles. The SMILES string of the molecule is CC.CC.Fc1ccc(F)c(-c2cc(F)ccc2F)c1. The van der Waals surface area contributed by atoms with Gasteiger partial charge in [-0.05, 0) is 36.4 Å². The molecule has 0 nitrogen and oxygen atoms in total. The normalized spacial score (nSPS) is 9.00. The quantitative estimate of drug-likeness (QED) is 0.567. The first-order chi connectivity index (χ1) is 9.58. The van der Waals surface area contributed by atoms with E-state index in [1.165, 1.54) is 0 Å². The second kappa shape index (κ2) is 9.13. The molecule has 0 spiro atoms. The van der Waals surface area contributed by atoms with E-state index < -0.39 is 23.3 Å². The first-order valence-corrected chi connectivity index (χ1v) is 6.48. The fourth-order valence-corrected chi connectivity index (χ4v) is 1.41. The molecule has 0 aliphatic carbocycles. The molecule has 0 unspecified atom stereocenters. The number of benzene rings is 2. The molecule has 0 fully saturated rings. The standard InChI is InChI=1S/C12H6F4.2C2H6/c13-7-1-3-11(15)9(5-7)10-6-8(14)2-4-12(10)16;2*1-2/h1-6H;2*1-2H3. The van der Waals surface area contributed by atoms with Crippen LogP contribution in [0, 0.1) is 23.3 Å². The van der Waals surface area contributed by atoms with Crippen LogP contribution in [0.2, 0.25) is 0 Å². The molecule has 4 heteroatoms. The summed E-state index contributed by atoms with van der Waals surface area (Å²) in [4.78, 5) is 0. The van der Waals surface area contributed by atoms with Crippen LogP contribution in [0.3, 0.4) is 0 Å². The molecular formula is C16H18F4. The van der Waals surface area contributed by atoms with Gasteiger partial charge in [-0.15, -0.1) is 0 Å². The molecule has 2 aromatic rings. The van der Waals surface area contributed by atoms with Crippen LogP contribution in [0.1, 0.15) is 27.7 Å². The predicted octanol–water partition coefficient (Wildman–Crippen LogP) is 5.96. The van der Waals surface area contributed by atoms with E-state index in [2.05, 4.69) is 0 Å². The van der Waals surface area contributed by atoms with Crippen LogP contribution in [-0.4, -0.2) is 0 Å². The van der Waals surface area contributed by atoms with Crippen LogP contribution in [-0.2, 0) is 0 Å². The third-order valence-electron chi connectivity index (χ3n) is 2.15. The minimum Gasteiger partial charge on any atom is -0.207 e. The summed E-state index contributed by atoms with van der Waals surface area (Å²) in [5.41, 5.74) is -0.589. The van der Waals surface area contributed by atoms with Gasteiger partial charge in [-0.3, -0.25) is 0 Å². The molecule has 0 aliphatic heterocycles. The van der Waals surface area contributed by atoms with Crippen molar-refractivity contribution in [2.75, 3.05) is 0 Å². The molecule has 2 rings (SSSR count). The average Bonchev–Trinajstić information content (AvgIpc) is 2.48. The lowest BCUT2D eigenvalue weighted by Gasteiger charge is -2.05. The highest BCUT2D eigenvalue weighted by Gasteiger charge is 2.12. The summed E-state index contributed by atoms with van der Waals surface area (Å²) in [6.45, 7) is 8.00. The molecule has 0 atom stereocenters. The Morgan fingerprint density at radius 2 is 0.850 bits per heavy atom. The van der Waals surface area contributed by atoms with Gasteiger partial charge in [0.1, 0.15) is 23.3 Å². The Hall–Kier alpha value is -1.84. The molecule has 0 N–H and O–H groups in total. The molecule has 20 heavy (non-hydrogen) atoms. The van der Waals surface area contributed by atoms with Crippen LogP contribution in [0.15, 0.2) is 36.4 Å². The summed E-state index contributed by atoms with van der Waals surface area (Å²) in [5.74, 6) is -3.02. The van der Waals surface area contributed by atoms with Crippen molar-refractivity contribution in [2.24, 2.45) is 0 Å². The first-order valence-electron chi connectivity index (χ1n) is 6.48. The van der Waals surface area contributed by atoms with E-state index in [0.717, 1.165) is 36.4 Å². The number of rotatable bonds is 1. The molecule has 0 aromatic heterocycles. The van der Waals surface area contributed by atoms with Crippen molar-refractivity contribution in [3.63, 3.8) is 0 Å². The van der Waals surface area contributed by atoms with Crippen molar-refractivity contribution in [2.45, 2.75) is 27.7 Å². The van der Waals surface area contributed by atoms with Crippen molar-refractivity contribution >= 4 is 0 Å². The Bertz CT molecular complexity index is 486. The van der Waals surface area contributed by atoms with Crippen molar-refractivity contribution in [3.8, 4) is 11.1 Å². The second-order valence-electron chi connectivity index (χ2n) is 3.25. The Kier molecular flexibility index (Phi) is 8.29. The molecule has 110 valence electrons. The Morgan fingerprint density at radius 1 is 0.550 bits per heavy atom. The summed E-state index contributed by atoms with van der Waals surface area (Å²) in [6, 6.07) is 5.22. The van der Waals surface area contributed by atoms with Gasteiger partial charge >= 0.3 is 0 Å². The van der Waals surface area contributed by atoms with Crippen molar-refractivity contribution in [1.29, 1.82) is 0 Å². The maximum Gasteiger partial charge on any atom is 0.131 e. The minimum atomic E-state index is -0.800. The van der Waals surface area contributed by atoms with E-state index >= 15 is 0 Å². The Labute approximate surface area is 117 Å². The van der Waals surface area contributed by atoms with Crippen LogP contribution in [0.5, 0.6) is 0 Å². The van der Waals surface area contributed by atoms with Gasteiger partial charge in [0, 0.05) is 11.1 Å². The summed E-state index contributed by atoms with van der Waals surface area (Å²) < 4.78 is 52.4. The van der Waals surface area contributed by atoms with E-state index in [4.69, 9.17) is 0 Å². The van der Waals surface area contributed by atoms with Gasteiger partial charge in [0.05, 0.1) is 0 Å². The molecule has 0 radical (unpaired) electrons. The highest BCUT2D eigenvalue weighted by atomic mass is 19.1. The highest BCUT2D eigenvalue weighted by molar-refractivity contribution is 5.64. The average molecular weight is 286 g/mol. The lowest BCUT2D eigenvalue weighted by atomic mass is 10.0. The van der Waals surface area contributed by atoms with Gasteiger partial charge in [-0.2, -0.15) is 0 Å². The van der Waals surface area contributed by atoms with Gasteiger partial charge in [0.2, 0.25) is 0 Å². The molecule has 0 bridgehead atoms. The highest BCUT2D eigenvalue weighted by Crippen LogP contribution is 2.26. The van der Waals surface area contributed by atoms with Gasteiger partial charge in [-0.1, -0.05) is 27.7 Å². The monoisotopic (exact) mass is 286 g/mol. The smallest absolute Gasteiger partial charge is 0.131 e. The fourth-order valence-electron chi connectivity index (χ4n) is 1.41. The van der Waals surface area contributed by atoms with Gasteiger partial charge in [-0.25, -0.2) is 17.6 Å². The van der Waals surface area contributed by atoms with Crippen molar-refractivity contribution < 1.29 is 17.6 Å². The van der Waals surface area contributed by atoms with E-state index in [1.54, 1.807) is 0 Å². The molecule has 0 heterocycles. The summed E-state index contributed by atoms with van der Waals surface area (Å²) >= 11 is 0. The summed E-state index contributed by atoms with van der Waals surface area (Å²) in [6.07, 6.45) is 0. The van der Waals surface area contributed by atoms with E-state index in [9.17, 15) is 17.6 Å². The van der Waals surface area contributed by atoms with Gasteiger partial charge in [0.25, 0.3) is 0 Å². The van der Waals surface area contributed by atoms with E-state index in [0.29, 0.717) is 0 Å². The van der Waals surface area contributed by atoms with Gasteiger partial charge < -0.3 is 0 Å². The molecular weight excluding hydrogens is 268 g/mol. The van der Waals surface area contributed by atoms with Crippen LogP contribution in [0.4, 0.5) is 17.6 Å². The molecule has 0 saturated carbocycles. The topological polar surface area (TPSA) is 0 Å². The van der Waals surface area contributed by atoms with E-state index in [-0.39, 0.29) is 11.1 Å². The van der Waals surface area contributed by atoms with Gasteiger partial charge in [0.15, 0.2) is 0 Å². The number of halogens is 4. The molecule has 0 amide bonds. The zero-order valence-electron chi connectivity index (χ0n) is 12.0. The summed E-state index contributed by atoms with van der Waals surface area (Å²) in [5, 5.41) is 0. The Balaban J connectivity index is 0.000000829. The largest absolute Gasteiger partial charge is 0.207 e. The third-order valence-corrected chi connectivity index (χ3v) is 2.15. The van der Waals surface area contributed by atoms with Crippen molar-refractivity contribution in [3.05, 3.63) is 59.7 Å². The maximum absolute atomic E-state index is 13.3. The van der Waals surface area contributed by atoms with Crippen LogP contribution >= 0.6 is 0 Å². The van der Waals surface area contributed by atoms with Crippen LogP contribution in [0.25, 0.3) is 11.1 Å². The number of hydrogen-bond donors (Lipinski definition) is 0. The molecule has 2 aromatic carbocycles. The Morgan fingerprint density at radius 3 is 1.15 bits per heavy atom. The minimum absolute atomic E-state index is 0.294. The zero-order chi connectivity index (χ0) is 15.7. The number of hydrogen-bond acceptors (Lipinski definition) is 0. The fraction of sp³-hybridized carbons (Fsp3) is 0.250. The third kappa shape index (κ3) is 4.68. The lowest BCUT2D eigenvalue weighted by molar-refractivity contribution is 0.590. The van der Waals surface area contributed by atoms with Crippen LogP contribution < -0.4 is 0 Å².